The number of rotatable bonds is 11. The smallest absolute Gasteiger partial charge is 0.303 e. The molecule has 3 rings (SSSR count). The second kappa shape index (κ2) is 13.4. The van der Waals surface area contributed by atoms with Crippen LogP contribution in [0.15, 0.2) is 54.6 Å². The Labute approximate surface area is 230 Å². The van der Waals surface area contributed by atoms with Crippen molar-refractivity contribution in [3.8, 4) is 11.5 Å². The number of phenols is 1. The number of fused-ring (bicyclic) bond motifs is 1. The standard InChI is InChI=1S/C29H31NO10/c1-16(37-17(2)31)27(38-18(3)32)28(39-19(4)33)29(36-5)40-22-12-13-23(26(35)15-22)25(34)14-21-11-10-20-8-6-7-9-24(20)30-21/h6-16,27-29,34-35H,1-5H3/b25-14-. The summed E-state index contributed by atoms with van der Waals surface area (Å²) < 4.78 is 27.0. The Bertz CT molecular complexity index is 1400. The average Bonchev–Trinajstić information content (AvgIpc) is 2.88. The number of nitrogens with zero attached hydrogens (tertiary/aromatic N) is 1. The van der Waals surface area contributed by atoms with E-state index in [1.165, 1.54) is 45.2 Å². The number of esters is 3. The fourth-order valence-electron chi connectivity index (χ4n) is 3.98. The lowest BCUT2D eigenvalue weighted by atomic mass is 10.1. The van der Waals surface area contributed by atoms with Crippen LogP contribution in [0.5, 0.6) is 11.5 Å². The Morgan fingerprint density at radius 3 is 2.15 bits per heavy atom. The van der Waals surface area contributed by atoms with E-state index in [9.17, 15) is 24.6 Å². The van der Waals surface area contributed by atoms with Gasteiger partial charge in [-0.05, 0) is 31.2 Å². The van der Waals surface area contributed by atoms with Gasteiger partial charge in [-0.2, -0.15) is 0 Å². The molecule has 11 heteroatoms. The number of methoxy groups -OCH3 is 1. The summed E-state index contributed by atoms with van der Waals surface area (Å²) in [4.78, 5) is 39.7. The first kappa shape index (κ1) is 29.9. The zero-order valence-electron chi connectivity index (χ0n) is 22.7. The minimum atomic E-state index is -1.37. The van der Waals surface area contributed by atoms with Crippen molar-refractivity contribution < 1.29 is 48.3 Å². The van der Waals surface area contributed by atoms with E-state index >= 15 is 0 Å². The summed E-state index contributed by atoms with van der Waals surface area (Å²) in [5, 5.41) is 22.3. The summed E-state index contributed by atoms with van der Waals surface area (Å²) in [5.74, 6) is -2.59. The van der Waals surface area contributed by atoms with E-state index in [1.807, 2.05) is 30.3 Å². The van der Waals surface area contributed by atoms with Crippen LogP contribution in [0.2, 0.25) is 0 Å². The lowest BCUT2D eigenvalue weighted by molar-refractivity contribution is -0.215. The number of para-hydroxylation sites is 1. The number of benzene rings is 2. The molecule has 0 bridgehead atoms. The van der Waals surface area contributed by atoms with E-state index in [0.29, 0.717) is 5.69 Å². The first-order valence-corrected chi connectivity index (χ1v) is 12.3. The number of hydrogen-bond donors (Lipinski definition) is 2. The number of aromatic hydroxyl groups is 1. The third kappa shape index (κ3) is 7.93. The summed E-state index contributed by atoms with van der Waals surface area (Å²) in [6.07, 6.45) is -3.63. The van der Waals surface area contributed by atoms with E-state index in [4.69, 9.17) is 23.7 Å². The van der Waals surface area contributed by atoms with Crippen LogP contribution in [0.1, 0.15) is 39.0 Å². The molecule has 0 fully saturated rings. The largest absolute Gasteiger partial charge is 0.507 e. The number of pyridine rings is 1. The molecule has 0 aliphatic heterocycles. The van der Waals surface area contributed by atoms with Crippen LogP contribution in [0.3, 0.4) is 0 Å². The number of aliphatic hydroxyl groups is 1. The number of ether oxygens (including phenoxy) is 5. The topological polar surface area (TPSA) is 151 Å². The van der Waals surface area contributed by atoms with Gasteiger partial charge < -0.3 is 33.9 Å². The molecule has 0 radical (unpaired) electrons. The maximum Gasteiger partial charge on any atom is 0.303 e. The first-order chi connectivity index (χ1) is 19.0. The second-order valence-electron chi connectivity index (χ2n) is 8.82. The zero-order chi connectivity index (χ0) is 29.4. The Hall–Kier alpha value is -4.64. The van der Waals surface area contributed by atoms with Crippen LogP contribution >= 0.6 is 0 Å². The van der Waals surface area contributed by atoms with E-state index in [0.717, 1.165) is 24.8 Å². The molecule has 0 aliphatic rings. The molecule has 3 aromatic rings. The molecule has 1 heterocycles. The molecule has 2 N–H and O–H groups in total. The van der Waals surface area contributed by atoms with Crippen LogP contribution in [-0.2, 0) is 33.3 Å². The van der Waals surface area contributed by atoms with Gasteiger partial charge in [-0.25, -0.2) is 4.98 Å². The van der Waals surface area contributed by atoms with Crippen molar-refractivity contribution >= 4 is 40.6 Å². The monoisotopic (exact) mass is 553 g/mol. The molecule has 0 saturated carbocycles. The lowest BCUT2D eigenvalue weighted by Gasteiger charge is -2.34. The maximum atomic E-state index is 11.9. The van der Waals surface area contributed by atoms with Gasteiger partial charge in [0.25, 0.3) is 0 Å². The highest BCUT2D eigenvalue weighted by atomic mass is 16.7. The van der Waals surface area contributed by atoms with Gasteiger partial charge in [-0.15, -0.1) is 0 Å². The molecule has 4 atom stereocenters. The van der Waals surface area contributed by atoms with E-state index in [-0.39, 0.29) is 22.8 Å². The van der Waals surface area contributed by atoms with Crippen LogP contribution in [0.25, 0.3) is 22.7 Å². The number of aromatic nitrogens is 1. The van der Waals surface area contributed by atoms with Gasteiger partial charge in [0.05, 0.1) is 16.8 Å². The fraction of sp³-hybridized carbons (Fsp3) is 0.310. The van der Waals surface area contributed by atoms with E-state index < -0.39 is 42.5 Å². The second-order valence-corrected chi connectivity index (χ2v) is 8.82. The summed E-state index contributed by atoms with van der Waals surface area (Å²) in [6, 6.07) is 15.2. The third-order valence-corrected chi connectivity index (χ3v) is 5.64. The Morgan fingerprint density at radius 1 is 0.875 bits per heavy atom. The van der Waals surface area contributed by atoms with Gasteiger partial charge in [0, 0.05) is 45.4 Å². The summed E-state index contributed by atoms with van der Waals surface area (Å²) >= 11 is 0. The molecule has 212 valence electrons. The summed E-state index contributed by atoms with van der Waals surface area (Å²) in [6.45, 7) is 4.92. The molecular weight excluding hydrogens is 522 g/mol. The van der Waals surface area contributed by atoms with Crippen LogP contribution in [0, 0.1) is 0 Å². The molecule has 1 aromatic heterocycles. The van der Waals surface area contributed by atoms with Crippen molar-refractivity contribution in [3.63, 3.8) is 0 Å². The van der Waals surface area contributed by atoms with Crippen molar-refractivity contribution in [2.75, 3.05) is 7.11 Å². The normalized spacial score (nSPS) is 14.5. The highest BCUT2D eigenvalue weighted by Gasteiger charge is 2.41. The number of phenolic OH excluding ortho intramolecular Hbond substituents is 1. The fourth-order valence-corrected chi connectivity index (χ4v) is 3.98. The van der Waals surface area contributed by atoms with Gasteiger partial charge in [0.2, 0.25) is 12.4 Å². The van der Waals surface area contributed by atoms with E-state index in [2.05, 4.69) is 4.98 Å². The van der Waals surface area contributed by atoms with Crippen LogP contribution in [-0.4, -0.2) is 64.8 Å². The molecule has 2 aromatic carbocycles. The van der Waals surface area contributed by atoms with Crippen molar-refractivity contribution in [3.05, 3.63) is 65.9 Å². The number of aliphatic hydroxyl groups excluding tert-OH is 1. The molecule has 0 amide bonds. The Balaban J connectivity index is 1.87. The highest BCUT2D eigenvalue weighted by molar-refractivity contribution is 5.83. The predicted molar refractivity (Wildman–Crippen MR) is 144 cm³/mol. The van der Waals surface area contributed by atoms with E-state index in [1.54, 1.807) is 6.07 Å². The Morgan fingerprint density at radius 2 is 1.52 bits per heavy atom. The van der Waals surface area contributed by atoms with Gasteiger partial charge in [-0.1, -0.05) is 24.3 Å². The van der Waals surface area contributed by atoms with Gasteiger partial charge in [0.15, 0.2) is 6.10 Å². The van der Waals surface area contributed by atoms with Crippen LogP contribution < -0.4 is 4.74 Å². The minimum absolute atomic E-state index is 0.0728. The summed E-state index contributed by atoms with van der Waals surface area (Å²) in [7, 11) is 1.27. The van der Waals surface area contributed by atoms with Crippen molar-refractivity contribution in [1.82, 2.24) is 4.98 Å². The quantitative estimate of drug-likeness (QED) is 0.152. The van der Waals surface area contributed by atoms with Crippen molar-refractivity contribution in [2.45, 2.75) is 52.3 Å². The highest BCUT2D eigenvalue weighted by Crippen LogP contribution is 2.31. The molecule has 0 aliphatic carbocycles. The molecule has 0 spiro atoms. The number of hydrogen-bond acceptors (Lipinski definition) is 11. The predicted octanol–water partition coefficient (Wildman–Crippen LogP) is 4.16. The average molecular weight is 554 g/mol. The molecule has 4 unspecified atom stereocenters. The molecule has 40 heavy (non-hydrogen) atoms. The number of carbonyl (C=O) groups is 3. The van der Waals surface area contributed by atoms with Crippen molar-refractivity contribution in [1.29, 1.82) is 0 Å². The first-order valence-electron chi connectivity index (χ1n) is 12.3. The minimum Gasteiger partial charge on any atom is -0.507 e. The van der Waals surface area contributed by atoms with Gasteiger partial charge in [0.1, 0.15) is 23.4 Å². The third-order valence-electron chi connectivity index (χ3n) is 5.64. The summed E-state index contributed by atoms with van der Waals surface area (Å²) in [5.41, 5.74) is 1.34. The van der Waals surface area contributed by atoms with Crippen molar-refractivity contribution in [2.24, 2.45) is 0 Å². The molecule has 11 nitrogen and oxygen atoms in total. The lowest BCUT2D eigenvalue weighted by Crippen LogP contribution is -2.51. The molecular formula is C29H31NO10. The SMILES string of the molecule is COC(Oc1ccc(/C(O)=C/c2ccc3ccccc3n2)c(O)c1)C(OC(C)=O)C(OC(C)=O)C(C)OC(C)=O. The van der Waals surface area contributed by atoms with Gasteiger partial charge in [-0.3, -0.25) is 14.4 Å². The maximum absolute atomic E-state index is 11.9. The van der Waals surface area contributed by atoms with Gasteiger partial charge >= 0.3 is 17.9 Å². The number of carbonyl (C=O) groups excluding carboxylic acids is 3. The van der Waals surface area contributed by atoms with Crippen LogP contribution in [0.4, 0.5) is 0 Å². The molecule has 0 saturated heterocycles. The Kier molecular flexibility index (Phi) is 10.0. The zero-order valence-corrected chi connectivity index (χ0v) is 22.7.